The molecule has 38 heavy (non-hydrogen) atoms. The van der Waals surface area contributed by atoms with Gasteiger partial charge in [-0.25, -0.2) is 21.2 Å². The Labute approximate surface area is 230 Å². The summed E-state index contributed by atoms with van der Waals surface area (Å²) in [7, 11) is 0. The number of benzene rings is 2. The number of alkyl halides is 1. The number of anilines is 1. The van der Waals surface area contributed by atoms with E-state index < -0.39 is 0 Å². The third-order valence-electron chi connectivity index (χ3n) is 7.46. The maximum Gasteiger partial charge on any atom is 0.152 e. The van der Waals surface area contributed by atoms with E-state index in [1.165, 1.54) is 12.4 Å². The van der Waals surface area contributed by atoms with Crippen molar-refractivity contribution in [3.63, 3.8) is 0 Å². The highest BCUT2D eigenvalue weighted by atomic mass is 35.5. The van der Waals surface area contributed by atoms with Gasteiger partial charge in [-0.1, -0.05) is 35.0 Å². The Hall–Kier alpha value is -2.89. The number of hydrazone groups is 1. The number of halogens is 3. The Kier molecular flexibility index (Phi) is 8.06. The van der Waals surface area contributed by atoms with E-state index in [4.69, 9.17) is 27.7 Å². The van der Waals surface area contributed by atoms with Gasteiger partial charge in [0.15, 0.2) is 5.84 Å². The summed E-state index contributed by atoms with van der Waals surface area (Å²) >= 11 is 11.1. The van der Waals surface area contributed by atoms with Gasteiger partial charge in [-0.15, -0.1) is 16.7 Å². The van der Waals surface area contributed by atoms with Crippen molar-refractivity contribution in [2.75, 3.05) is 17.9 Å². The Morgan fingerprint density at radius 2 is 2.05 bits per heavy atom. The molecule has 2 aliphatic carbocycles. The van der Waals surface area contributed by atoms with Gasteiger partial charge in [0.25, 0.3) is 0 Å². The van der Waals surface area contributed by atoms with Crippen LogP contribution in [0.25, 0.3) is 11.3 Å². The van der Waals surface area contributed by atoms with E-state index in [9.17, 15) is 4.39 Å². The van der Waals surface area contributed by atoms with E-state index in [0.717, 1.165) is 48.4 Å². The third-order valence-corrected chi connectivity index (χ3v) is 7.79. The fraction of sp³-hybridized carbons (Fsp3) is 0.385. The summed E-state index contributed by atoms with van der Waals surface area (Å²) in [6.45, 7) is 1.42. The first-order valence-electron chi connectivity index (χ1n) is 12.5. The number of hydrogen-bond acceptors (Lipinski definition) is 8. The van der Waals surface area contributed by atoms with Crippen molar-refractivity contribution in [2.45, 2.75) is 43.8 Å². The van der Waals surface area contributed by atoms with Crippen LogP contribution in [0.2, 0.25) is 5.02 Å². The van der Waals surface area contributed by atoms with Crippen molar-refractivity contribution in [1.82, 2.24) is 21.4 Å². The van der Waals surface area contributed by atoms with Gasteiger partial charge in [-0.3, -0.25) is 0 Å². The van der Waals surface area contributed by atoms with Gasteiger partial charge < -0.3 is 20.6 Å². The van der Waals surface area contributed by atoms with Gasteiger partial charge in [-0.05, 0) is 43.5 Å². The van der Waals surface area contributed by atoms with Crippen LogP contribution in [0.1, 0.15) is 42.1 Å². The lowest BCUT2D eigenvalue weighted by Crippen LogP contribution is -2.56. The topological polar surface area (TPSA) is 130 Å². The summed E-state index contributed by atoms with van der Waals surface area (Å²) in [5.41, 5.74) is 15.0. The Balaban J connectivity index is 0.00000144. The van der Waals surface area contributed by atoms with Crippen molar-refractivity contribution in [2.24, 2.45) is 22.6 Å². The summed E-state index contributed by atoms with van der Waals surface area (Å²) in [6.07, 6.45) is 4.62. The first-order chi connectivity index (χ1) is 18.5. The van der Waals surface area contributed by atoms with Gasteiger partial charge in [0.1, 0.15) is 17.3 Å². The van der Waals surface area contributed by atoms with E-state index in [-0.39, 0.29) is 17.7 Å². The van der Waals surface area contributed by atoms with Crippen LogP contribution >= 0.6 is 23.2 Å². The summed E-state index contributed by atoms with van der Waals surface area (Å²) < 4.78 is 20.7. The van der Waals surface area contributed by atoms with Crippen LogP contribution < -0.4 is 32.9 Å². The van der Waals surface area contributed by atoms with Crippen LogP contribution in [0, 0.1) is 11.7 Å². The maximum atomic E-state index is 14.9. The number of nitrogens with zero attached hydrogens (tertiary/aromatic N) is 3. The van der Waals surface area contributed by atoms with Gasteiger partial charge in [0, 0.05) is 54.0 Å². The smallest absolute Gasteiger partial charge is 0.152 e. The van der Waals surface area contributed by atoms with Crippen molar-refractivity contribution < 1.29 is 8.91 Å². The zero-order chi connectivity index (χ0) is 26.8. The van der Waals surface area contributed by atoms with Gasteiger partial charge in [-0.2, -0.15) is 0 Å². The number of fused-ring (bicyclic) bond motifs is 1. The summed E-state index contributed by atoms with van der Waals surface area (Å²) in [6, 6.07) is 13.0. The third kappa shape index (κ3) is 5.06. The van der Waals surface area contributed by atoms with Crippen molar-refractivity contribution in [3.8, 4) is 11.3 Å². The average Bonchev–Trinajstić information content (AvgIpc) is 3.59. The minimum atomic E-state index is -0.366. The Morgan fingerprint density at radius 1 is 1.26 bits per heavy atom. The number of rotatable bonds is 8. The van der Waals surface area contributed by atoms with Crippen molar-refractivity contribution in [1.29, 1.82) is 0 Å². The van der Waals surface area contributed by atoms with Crippen LogP contribution in [0.5, 0.6) is 0 Å². The SMILES string of the molecule is CCl.NN/N=C(\N)c1ccc(N2NCC3C(NCc4c(-c5ccccc5Cl)noc4C4CC4)CC32)c(F)c1. The predicted molar refractivity (Wildman–Crippen MR) is 148 cm³/mol. The number of nitrogens with one attached hydrogen (secondary N) is 3. The molecule has 12 heteroatoms. The molecule has 0 amide bonds. The average molecular weight is 561 g/mol. The molecule has 3 aliphatic rings. The van der Waals surface area contributed by atoms with E-state index in [2.05, 4.69) is 38.1 Å². The quantitative estimate of drug-likeness (QED) is 0.0923. The molecule has 3 fully saturated rings. The number of hydrogen-bond donors (Lipinski definition) is 5. The summed E-state index contributed by atoms with van der Waals surface area (Å²) in [5, 5.41) is 14.4. The molecule has 3 unspecified atom stereocenters. The molecule has 3 aromatic rings. The van der Waals surface area contributed by atoms with E-state index >= 15 is 0 Å². The lowest BCUT2D eigenvalue weighted by Gasteiger charge is -2.43. The lowest BCUT2D eigenvalue weighted by molar-refractivity contribution is 0.204. The molecular weight excluding hydrogens is 530 g/mol. The first kappa shape index (κ1) is 26.7. The second-order valence-corrected chi connectivity index (χ2v) is 10.0. The number of hydrazine groups is 2. The molecule has 1 saturated heterocycles. The number of nitrogens with two attached hydrogens (primary N) is 2. The molecule has 7 N–H and O–H groups in total. The number of aromatic nitrogens is 1. The Morgan fingerprint density at radius 3 is 2.76 bits per heavy atom. The highest BCUT2D eigenvalue weighted by Gasteiger charge is 2.49. The van der Waals surface area contributed by atoms with Crippen LogP contribution in [-0.4, -0.2) is 36.0 Å². The second-order valence-electron chi connectivity index (χ2n) is 9.61. The minimum Gasteiger partial charge on any atom is -0.382 e. The number of amidine groups is 1. The van der Waals surface area contributed by atoms with Crippen molar-refractivity contribution >= 4 is 34.7 Å². The van der Waals surface area contributed by atoms with Crippen LogP contribution in [0.3, 0.4) is 0 Å². The van der Waals surface area contributed by atoms with E-state index in [1.54, 1.807) is 12.1 Å². The molecule has 1 aliphatic heterocycles. The molecule has 0 radical (unpaired) electrons. The molecule has 1 aromatic heterocycles. The van der Waals surface area contributed by atoms with Gasteiger partial charge >= 0.3 is 0 Å². The molecule has 2 aromatic carbocycles. The largest absolute Gasteiger partial charge is 0.382 e. The minimum absolute atomic E-state index is 0.124. The van der Waals surface area contributed by atoms with E-state index in [0.29, 0.717) is 40.7 Å². The zero-order valence-electron chi connectivity index (χ0n) is 20.9. The molecule has 202 valence electrons. The van der Waals surface area contributed by atoms with Crippen LogP contribution in [0.4, 0.5) is 10.1 Å². The molecule has 2 heterocycles. The van der Waals surface area contributed by atoms with E-state index in [1.807, 2.05) is 29.3 Å². The van der Waals surface area contributed by atoms with Crippen molar-refractivity contribution in [3.05, 3.63) is 70.2 Å². The predicted octanol–water partition coefficient (Wildman–Crippen LogP) is 3.82. The monoisotopic (exact) mass is 560 g/mol. The molecule has 0 spiro atoms. The standard InChI is InChI=1S/C25H28ClFN8O.CH3Cl/c26-18-4-2-1-3-15(18)23-17(24(36-33-23)13-5-6-13)11-30-20-10-22-16(20)12-31-35(22)21-8-7-14(9-19(21)27)25(28)32-34-29;1-2/h1-4,7-9,13,16,20,22,30-31,34H,5-6,10-12,29H2,(H2,28,32);1H3. The fourth-order valence-electron chi connectivity index (χ4n) is 5.33. The molecule has 0 bridgehead atoms. The lowest BCUT2D eigenvalue weighted by atomic mass is 9.75. The first-order valence-corrected chi connectivity index (χ1v) is 13.6. The van der Waals surface area contributed by atoms with Gasteiger partial charge in [0.05, 0.1) is 16.8 Å². The molecule has 6 rings (SSSR count). The summed E-state index contributed by atoms with van der Waals surface area (Å²) in [5.74, 6) is 6.68. The maximum absolute atomic E-state index is 14.9. The summed E-state index contributed by atoms with van der Waals surface area (Å²) in [4.78, 5) is 0. The van der Waals surface area contributed by atoms with Crippen LogP contribution in [0.15, 0.2) is 52.1 Å². The fourth-order valence-corrected chi connectivity index (χ4v) is 5.55. The second kappa shape index (κ2) is 11.5. The molecule has 3 atom stereocenters. The van der Waals surface area contributed by atoms with Crippen LogP contribution in [-0.2, 0) is 6.54 Å². The molecule has 2 saturated carbocycles. The highest BCUT2D eigenvalue weighted by Crippen LogP contribution is 2.45. The van der Waals surface area contributed by atoms with Gasteiger partial charge in [0.2, 0.25) is 0 Å². The highest BCUT2D eigenvalue weighted by molar-refractivity contribution is 6.33. The normalized spacial score (nSPS) is 22.4. The Bertz CT molecular complexity index is 1310. The molecule has 9 nitrogen and oxygen atoms in total. The zero-order valence-corrected chi connectivity index (χ0v) is 22.4. The molecular formula is C26H31Cl2FN8O.